The Bertz CT molecular complexity index is 1400. The molecule has 11 heteroatoms. The Morgan fingerprint density at radius 2 is 1.80 bits per heavy atom. The number of hydrogen-bond acceptors (Lipinski definition) is 8. The molecule has 0 bridgehead atoms. The van der Waals surface area contributed by atoms with E-state index in [1.54, 1.807) is 0 Å². The van der Waals surface area contributed by atoms with Gasteiger partial charge in [0.25, 0.3) is 5.88 Å². The lowest BCUT2D eigenvalue weighted by molar-refractivity contribution is 0.122. The van der Waals surface area contributed by atoms with Crippen LogP contribution < -0.4 is 9.64 Å². The fraction of sp³-hybridized carbons (Fsp3) is 0.250. The molecular weight excluding hydrogens is 463 g/mol. The molecule has 3 heterocycles. The fourth-order valence-electron chi connectivity index (χ4n) is 4.03. The van der Waals surface area contributed by atoms with Gasteiger partial charge < -0.3 is 19.5 Å². The first-order valence-electron chi connectivity index (χ1n) is 10.8. The van der Waals surface area contributed by atoms with Crippen LogP contribution in [-0.4, -0.2) is 58.7 Å². The largest absolute Gasteiger partial charge is 0.478 e. The first-order chi connectivity index (χ1) is 17.0. The molecule has 180 valence electrons. The van der Waals surface area contributed by atoms with E-state index in [-0.39, 0.29) is 11.1 Å². The van der Waals surface area contributed by atoms with Crippen molar-refractivity contribution >= 4 is 16.6 Å². The average molecular weight is 483 g/mol. The maximum absolute atomic E-state index is 14.9. The molecule has 1 saturated heterocycles. The lowest BCUT2D eigenvalue weighted by atomic mass is 9.99. The highest BCUT2D eigenvalue weighted by Gasteiger charge is 2.25. The first-order valence-corrected chi connectivity index (χ1v) is 10.8. The minimum absolute atomic E-state index is 0.0652. The SMILES string of the molecule is COc1nnc(C(O)c2ccc(F)c(-c3ncnc4cc(N5CCOCC5)ccc34)c2)c(F)c1F. The predicted octanol–water partition coefficient (Wildman–Crippen LogP) is 3.43. The van der Waals surface area contributed by atoms with Crippen molar-refractivity contribution in [3.8, 4) is 17.1 Å². The molecule has 35 heavy (non-hydrogen) atoms. The molecule has 1 atom stereocenters. The third-order valence-electron chi connectivity index (χ3n) is 5.86. The van der Waals surface area contributed by atoms with Gasteiger partial charge in [-0.3, -0.25) is 0 Å². The van der Waals surface area contributed by atoms with Crippen molar-refractivity contribution in [2.75, 3.05) is 38.3 Å². The van der Waals surface area contributed by atoms with Crippen molar-refractivity contribution in [2.24, 2.45) is 0 Å². The average Bonchev–Trinajstić information content (AvgIpc) is 2.90. The van der Waals surface area contributed by atoms with Crippen molar-refractivity contribution in [1.29, 1.82) is 0 Å². The Balaban J connectivity index is 1.54. The van der Waals surface area contributed by atoms with Gasteiger partial charge in [-0.1, -0.05) is 6.07 Å². The normalized spacial score (nSPS) is 14.8. The number of morpholine rings is 1. The molecule has 0 amide bonds. The molecule has 1 N–H and O–H groups in total. The topological polar surface area (TPSA) is 93.5 Å². The van der Waals surface area contributed by atoms with Crippen molar-refractivity contribution < 1.29 is 27.8 Å². The molecule has 0 spiro atoms. The number of ether oxygens (including phenoxy) is 2. The van der Waals surface area contributed by atoms with Crippen LogP contribution in [0.1, 0.15) is 17.4 Å². The van der Waals surface area contributed by atoms with Crippen LogP contribution in [0.25, 0.3) is 22.2 Å². The van der Waals surface area contributed by atoms with Gasteiger partial charge in [-0.2, -0.15) is 4.39 Å². The second-order valence-corrected chi connectivity index (χ2v) is 7.89. The number of aliphatic hydroxyl groups is 1. The molecule has 5 rings (SSSR count). The summed E-state index contributed by atoms with van der Waals surface area (Å²) in [6, 6.07) is 9.31. The molecule has 2 aromatic carbocycles. The van der Waals surface area contributed by atoms with Crippen LogP contribution in [0, 0.1) is 17.5 Å². The maximum atomic E-state index is 14.9. The Kier molecular flexibility index (Phi) is 6.18. The summed E-state index contributed by atoms with van der Waals surface area (Å²) in [5.74, 6) is -4.03. The molecule has 8 nitrogen and oxygen atoms in total. The van der Waals surface area contributed by atoms with Crippen molar-refractivity contribution in [3.05, 3.63) is 71.4 Å². The second-order valence-electron chi connectivity index (χ2n) is 7.89. The Hall–Kier alpha value is -3.83. The van der Waals surface area contributed by atoms with E-state index in [1.165, 1.54) is 18.5 Å². The summed E-state index contributed by atoms with van der Waals surface area (Å²) in [4.78, 5) is 10.8. The third kappa shape index (κ3) is 4.24. The highest BCUT2D eigenvalue weighted by molar-refractivity contribution is 5.94. The number of fused-ring (bicyclic) bond motifs is 1. The predicted molar refractivity (Wildman–Crippen MR) is 121 cm³/mol. The summed E-state index contributed by atoms with van der Waals surface area (Å²) in [7, 11) is 1.12. The maximum Gasteiger partial charge on any atom is 0.272 e. The molecule has 0 aliphatic carbocycles. The van der Waals surface area contributed by atoms with Gasteiger partial charge in [0.05, 0.1) is 31.5 Å². The molecule has 2 aromatic heterocycles. The number of rotatable bonds is 5. The van der Waals surface area contributed by atoms with Gasteiger partial charge in [0.2, 0.25) is 5.82 Å². The smallest absolute Gasteiger partial charge is 0.272 e. The number of aromatic nitrogens is 4. The van der Waals surface area contributed by atoms with E-state index >= 15 is 0 Å². The zero-order valence-corrected chi connectivity index (χ0v) is 18.6. The molecule has 1 aliphatic heterocycles. The number of benzene rings is 2. The highest BCUT2D eigenvalue weighted by atomic mass is 19.2. The first kappa shape index (κ1) is 22.9. The van der Waals surface area contributed by atoms with E-state index in [1.807, 2.05) is 18.2 Å². The molecule has 1 aliphatic rings. The number of hydrogen-bond donors (Lipinski definition) is 1. The molecule has 1 fully saturated rings. The van der Waals surface area contributed by atoms with Crippen LogP contribution in [-0.2, 0) is 4.74 Å². The minimum Gasteiger partial charge on any atom is -0.478 e. The number of aliphatic hydroxyl groups excluding tert-OH is 1. The van der Waals surface area contributed by atoms with E-state index in [2.05, 4.69) is 29.8 Å². The Morgan fingerprint density at radius 3 is 2.57 bits per heavy atom. The van der Waals surface area contributed by atoms with E-state index < -0.39 is 35.1 Å². The summed E-state index contributed by atoms with van der Waals surface area (Å²) in [5, 5.41) is 18.3. The van der Waals surface area contributed by atoms with Crippen molar-refractivity contribution in [3.63, 3.8) is 0 Å². The van der Waals surface area contributed by atoms with Crippen LogP contribution >= 0.6 is 0 Å². The molecule has 1 unspecified atom stereocenters. The molecule has 4 aromatic rings. The number of halogens is 3. The summed E-state index contributed by atoms with van der Waals surface area (Å²) in [6.45, 7) is 2.78. The minimum atomic E-state index is -1.71. The summed E-state index contributed by atoms with van der Waals surface area (Å²) in [5.41, 5.74) is 1.36. The number of methoxy groups -OCH3 is 1. The van der Waals surface area contributed by atoms with E-state index in [0.29, 0.717) is 29.8 Å². The van der Waals surface area contributed by atoms with Crippen LogP contribution in [0.3, 0.4) is 0 Å². The van der Waals surface area contributed by atoms with E-state index in [9.17, 15) is 18.3 Å². The van der Waals surface area contributed by atoms with Gasteiger partial charge in [0, 0.05) is 29.7 Å². The summed E-state index contributed by atoms with van der Waals surface area (Å²) >= 11 is 0. The van der Waals surface area contributed by atoms with Gasteiger partial charge in [-0.05, 0) is 35.9 Å². The lowest BCUT2D eigenvalue weighted by Gasteiger charge is -2.29. The van der Waals surface area contributed by atoms with Gasteiger partial charge in [-0.15, -0.1) is 10.2 Å². The van der Waals surface area contributed by atoms with E-state index in [0.717, 1.165) is 32.0 Å². The molecule has 0 radical (unpaired) electrons. The second kappa shape index (κ2) is 9.43. The number of nitrogens with zero attached hydrogens (tertiary/aromatic N) is 5. The highest BCUT2D eigenvalue weighted by Crippen LogP contribution is 2.33. The monoisotopic (exact) mass is 483 g/mol. The zero-order chi connectivity index (χ0) is 24.5. The standard InChI is InChI=1S/C24H20F3N5O3/c1-34-24-20(27)19(26)22(30-31-24)23(33)13-2-5-17(25)16(10-13)21-15-4-3-14(11-18(15)28-12-29-21)32-6-8-35-9-7-32/h2-5,10-12,23,33H,6-9H2,1H3. The van der Waals surface area contributed by atoms with Crippen LogP contribution in [0.2, 0.25) is 0 Å². The number of anilines is 1. The van der Waals surface area contributed by atoms with Gasteiger partial charge in [0.1, 0.15) is 23.9 Å². The van der Waals surface area contributed by atoms with Gasteiger partial charge in [0.15, 0.2) is 5.82 Å². The van der Waals surface area contributed by atoms with Crippen molar-refractivity contribution in [1.82, 2.24) is 20.2 Å². The van der Waals surface area contributed by atoms with Crippen LogP contribution in [0.5, 0.6) is 5.88 Å². The summed E-state index contributed by atoms with van der Waals surface area (Å²) < 4.78 is 53.5. The third-order valence-corrected chi connectivity index (χ3v) is 5.86. The fourth-order valence-corrected chi connectivity index (χ4v) is 4.03. The van der Waals surface area contributed by atoms with Crippen LogP contribution in [0.4, 0.5) is 18.9 Å². The van der Waals surface area contributed by atoms with Crippen LogP contribution in [0.15, 0.2) is 42.7 Å². The van der Waals surface area contributed by atoms with Crippen molar-refractivity contribution in [2.45, 2.75) is 6.10 Å². The van der Waals surface area contributed by atoms with E-state index in [4.69, 9.17) is 4.74 Å². The lowest BCUT2D eigenvalue weighted by Crippen LogP contribution is -2.36. The quantitative estimate of drug-likeness (QED) is 0.462. The van der Waals surface area contributed by atoms with Gasteiger partial charge in [-0.25, -0.2) is 18.7 Å². The Morgan fingerprint density at radius 1 is 1.00 bits per heavy atom. The Labute approximate surface area is 198 Å². The summed E-state index contributed by atoms with van der Waals surface area (Å²) in [6.07, 6.45) is -0.379. The molecular formula is C24H20F3N5O3. The van der Waals surface area contributed by atoms with Gasteiger partial charge >= 0.3 is 0 Å². The molecule has 0 saturated carbocycles. The zero-order valence-electron chi connectivity index (χ0n) is 18.6.